The van der Waals surface area contributed by atoms with Crippen molar-refractivity contribution in [1.29, 1.82) is 0 Å². The maximum Gasteiger partial charge on any atom is 0.256 e. The molecular formula is C29H33N3O4. The monoisotopic (exact) mass is 487 g/mol. The van der Waals surface area contributed by atoms with E-state index in [1.807, 2.05) is 55.5 Å². The van der Waals surface area contributed by atoms with Gasteiger partial charge in [-0.15, -0.1) is 0 Å². The highest BCUT2D eigenvalue weighted by Gasteiger charge is 2.46. The van der Waals surface area contributed by atoms with E-state index in [2.05, 4.69) is 11.1 Å². The smallest absolute Gasteiger partial charge is 0.256 e. The van der Waals surface area contributed by atoms with E-state index in [4.69, 9.17) is 9.47 Å². The summed E-state index contributed by atoms with van der Waals surface area (Å²) in [6.07, 6.45) is 4.88. The number of morpholine rings is 1. The van der Waals surface area contributed by atoms with Gasteiger partial charge in [-0.25, -0.2) is 0 Å². The predicted octanol–water partition coefficient (Wildman–Crippen LogP) is 4.10. The summed E-state index contributed by atoms with van der Waals surface area (Å²) < 4.78 is 12.4. The largest absolute Gasteiger partial charge is 0.491 e. The molecule has 0 aliphatic carbocycles. The number of benzene rings is 2. The third kappa shape index (κ3) is 4.80. The van der Waals surface area contributed by atoms with Gasteiger partial charge < -0.3 is 19.3 Å². The molecule has 7 nitrogen and oxygen atoms in total. The minimum absolute atomic E-state index is 0.0593. The van der Waals surface area contributed by atoms with Crippen LogP contribution in [-0.4, -0.2) is 71.6 Å². The second-order valence-corrected chi connectivity index (χ2v) is 9.50. The van der Waals surface area contributed by atoms with E-state index < -0.39 is 5.60 Å². The first kappa shape index (κ1) is 24.3. The van der Waals surface area contributed by atoms with Gasteiger partial charge in [-0.05, 0) is 56.4 Å². The molecule has 2 aliphatic heterocycles. The summed E-state index contributed by atoms with van der Waals surface area (Å²) in [6, 6.07) is 17.6. The Morgan fingerprint density at radius 1 is 1.03 bits per heavy atom. The lowest BCUT2D eigenvalue weighted by Crippen LogP contribution is -2.62. The number of aryl methyl sites for hydroxylation is 1. The number of nitrogens with zero attached hydrogens (tertiary/aromatic N) is 3. The van der Waals surface area contributed by atoms with Crippen LogP contribution in [-0.2, 0) is 16.0 Å². The van der Waals surface area contributed by atoms with Gasteiger partial charge in [0.05, 0.1) is 30.8 Å². The summed E-state index contributed by atoms with van der Waals surface area (Å²) in [5.41, 5.74) is 1.37. The van der Waals surface area contributed by atoms with Gasteiger partial charge in [0, 0.05) is 24.7 Å². The molecule has 0 bridgehead atoms. The van der Waals surface area contributed by atoms with Crippen LogP contribution >= 0.6 is 0 Å². The quantitative estimate of drug-likeness (QED) is 0.544. The van der Waals surface area contributed by atoms with E-state index in [1.54, 1.807) is 16.0 Å². The fraction of sp³-hybridized carbons (Fsp3) is 0.414. The summed E-state index contributed by atoms with van der Waals surface area (Å²) in [6.45, 7) is 4.41. The molecule has 0 N–H and O–H groups in total. The zero-order valence-corrected chi connectivity index (χ0v) is 20.8. The van der Waals surface area contributed by atoms with Gasteiger partial charge in [0.15, 0.2) is 5.60 Å². The number of hydrogen-bond donors (Lipinski definition) is 0. The number of likely N-dealkylation sites (N-methyl/N-ethyl adjacent to an activating group) is 1. The fourth-order valence-electron chi connectivity index (χ4n) is 5.33. The molecule has 0 radical (unpaired) electrons. The number of pyridine rings is 1. The number of fused-ring (bicyclic) bond motifs is 2. The third-order valence-corrected chi connectivity index (χ3v) is 7.26. The van der Waals surface area contributed by atoms with Crippen molar-refractivity contribution in [3.8, 4) is 5.75 Å². The zero-order chi connectivity index (χ0) is 25.0. The van der Waals surface area contributed by atoms with Gasteiger partial charge in [0.25, 0.3) is 11.8 Å². The van der Waals surface area contributed by atoms with Crippen molar-refractivity contribution in [2.45, 2.75) is 38.2 Å². The van der Waals surface area contributed by atoms with Crippen molar-refractivity contribution in [2.75, 3.05) is 39.4 Å². The molecule has 2 amide bonds. The standard InChI is InChI=1S/C29H33N3O4/c1-2-31-17-19-35-25-14-4-3-9-22(25)10-5-6-15-29(28(31)34)21-32(18-20-36-29)27(33)24-13-7-11-23-12-8-16-30-26(23)24/h3-4,7-9,11-14,16H,2,5-6,10,15,17-21H2,1H3. The fourth-order valence-corrected chi connectivity index (χ4v) is 5.33. The Balaban J connectivity index is 1.41. The molecule has 2 aromatic carbocycles. The van der Waals surface area contributed by atoms with E-state index in [9.17, 15) is 9.59 Å². The predicted molar refractivity (Wildman–Crippen MR) is 138 cm³/mol. The van der Waals surface area contributed by atoms with Crippen molar-refractivity contribution in [3.05, 3.63) is 71.9 Å². The van der Waals surface area contributed by atoms with E-state index in [0.29, 0.717) is 50.3 Å². The topological polar surface area (TPSA) is 72.0 Å². The highest BCUT2D eigenvalue weighted by Crippen LogP contribution is 2.30. The number of carbonyl (C=O) groups excluding carboxylic acids is 2. The summed E-state index contributed by atoms with van der Waals surface area (Å²) in [5.74, 6) is 0.725. The zero-order valence-electron chi connectivity index (χ0n) is 20.8. The first-order valence-corrected chi connectivity index (χ1v) is 12.9. The molecule has 1 fully saturated rings. The van der Waals surface area contributed by atoms with E-state index in [1.165, 1.54) is 5.56 Å². The summed E-state index contributed by atoms with van der Waals surface area (Å²) >= 11 is 0. The van der Waals surface area contributed by atoms with Crippen molar-refractivity contribution < 1.29 is 19.1 Å². The van der Waals surface area contributed by atoms with Crippen LogP contribution in [0.25, 0.3) is 10.9 Å². The molecule has 2 aliphatic rings. The molecule has 1 saturated heterocycles. The summed E-state index contributed by atoms with van der Waals surface area (Å²) in [5, 5.41) is 0.922. The van der Waals surface area contributed by atoms with Gasteiger partial charge in [-0.1, -0.05) is 36.4 Å². The van der Waals surface area contributed by atoms with Crippen LogP contribution in [0.4, 0.5) is 0 Å². The first-order valence-electron chi connectivity index (χ1n) is 12.9. The van der Waals surface area contributed by atoms with Crippen LogP contribution in [0.1, 0.15) is 42.1 Å². The van der Waals surface area contributed by atoms with Crippen LogP contribution in [0.2, 0.25) is 0 Å². The highest BCUT2D eigenvalue weighted by atomic mass is 16.5. The number of ether oxygens (including phenoxy) is 2. The van der Waals surface area contributed by atoms with Gasteiger partial charge in [0.1, 0.15) is 12.4 Å². The van der Waals surface area contributed by atoms with Crippen LogP contribution in [0.3, 0.4) is 0 Å². The first-order chi connectivity index (χ1) is 17.6. The van der Waals surface area contributed by atoms with Crippen LogP contribution in [0, 0.1) is 0 Å². The molecule has 3 heterocycles. The average Bonchev–Trinajstić information content (AvgIpc) is 2.92. The maximum atomic E-state index is 13.9. The molecule has 7 heteroatoms. The average molecular weight is 488 g/mol. The lowest BCUT2D eigenvalue weighted by atomic mass is 9.90. The second-order valence-electron chi connectivity index (χ2n) is 9.50. The number of carbonyl (C=O) groups is 2. The van der Waals surface area contributed by atoms with E-state index in [-0.39, 0.29) is 18.4 Å². The Kier molecular flexibility index (Phi) is 7.18. The Morgan fingerprint density at radius 2 is 1.89 bits per heavy atom. The van der Waals surface area contributed by atoms with Crippen LogP contribution < -0.4 is 4.74 Å². The van der Waals surface area contributed by atoms with Gasteiger partial charge in [-0.3, -0.25) is 14.6 Å². The lowest BCUT2D eigenvalue weighted by Gasteiger charge is -2.44. The maximum absolute atomic E-state index is 13.9. The molecule has 5 rings (SSSR count). The number of hydrogen-bond acceptors (Lipinski definition) is 5. The normalized spacial score (nSPS) is 21.4. The molecule has 1 spiro atoms. The van der Waals surface area contributed by atoms with Gasteiger partial charge in [0.2, 0.25) is 0 Å². The van der Waals surface area contributed by atoms with Gasteiger partial charge >= 0.3 is 0 Å². The SMILES string of the molecule is CCN1CCOc2ccccc2CCCCC2(CN(C(=O)c3cccc4cccnc34)CCO2)C1=O. The second kappa shape index (κ2) is 10.7. The van der Waals surface area contributed by atoms with Gasteiger partial charge in [-0.2, -0.15) is 0 Å². The van der Waals surface area contributed by atoms with E-state index in [0.717, 1.165) is 30.4 Å². The summed E-state index contributed by atoms with van der Waals surface area (Å²) in [7, 11) is 0. The molecule has 3 aromatic rings. The molecule has 0 saturated carbocycles. The molecular weight excluding hydrogens is 454 g/mol. The minimum atomic E-state index is -1.05. The Labute approximate surface area is 212 Å². The number of rotatable bonds is 2. The Morgan fingerprint density at radius 3 is 2.78 bits per heavy atom. The van der Waals surface area contributed by atoms with Crippen LogP contribution in [0.15, 0.2) is 60.8 Å². The molecule has 1 atom stereocenters. The Hall–Kier alpha value is -3.45. The highest BCUT2D eigenvalue weighted by molar-refractivity contribution is 6.05. The van der Waals surface area contributed by atoms with E-state index >= 15 is 0 Å². The van der Waals surface area contributed by atoms with Crippen molar-refractivity contribution in [3.63, 3.8) is 0 Å². The summed E-state index contributed by atoms with van der Waals surface area (Å²) in [4.78, 5) is 35.7. The molecule has 188 valence electrons. The number of aromatic nitrogens is 1. The third-order valence-electron chi connectivity index (χ3n) is 7.26. The number of para-hydroxylation sites is 2. The Bertz CT molecular complexity index is 1240. The minimum Gasteiger partial charge on any atom is -0.491 e. The van der Waals surface area contributed by atoms with Crippen molar-refractivity contribution in [1.82, 2.24) is 14.8 Å². The lowest BCUT2D eigenvalue weighted by molar-refractivity contribution is -0.170. The molecule has 1 unspecified atom stereocenters. The number of amides is 2. The molecule has 1 aromatic heterocycles. The molecule has 36 heavy (non-hydrogen) atoms. The van der Waals surface area contributed by atoms with Crippen molar-refractivity contribution in [2.24, 2.45) is 0 Å². The van der Waals surface area contributed by atoms with Crippen LogP contribution in [0.5, 0.6) is 5.75 Å². The van der Waals surface area contributed by atoms with Crippen molar-refractivity contribution >= 4 is 22.7 Å².